The number of rotatable bonds is 4. The Morgan fingerprint density at radius 3 is 2.62 bits per heavy atom. The molecule has 7 nitrogen and oxygen atoms in total. The molecule has 0 aliphatic heterocycles. The molecule has 4 aliphatic rings. The Labute approximate surface area is 157 Å². The van der Waals surface area contributed by atoms with E-state index in [4.69, 9.17) is 23.1 Å². The zero-order chi connectivity index (χ0) is 18.5. The third-order valence-corrected chi connectivity index (χ3v) is 6.03. The van der Waals surface area contributed by atoms with Crippen molar-refractivity contribution in [2.75, 3.05) is 5.32 Å². The predicted molar refractivity (Wildman–Crippen MR) is 102 cm³/mol. The quantitative estimate of drug-likeness (QED) is 0.363. The molecule has 6 N–H and O–H groups in total. The summed E-state index contributed by atoms with van der Waals surface area (Å²) in [5.41, 5.74) is 11.6. The van der Waals surface area contributed by atoms with E-state index in [2.05, 4.69) is 20.3 Å². The Balaban J connectivity index is 1.55. The Morgan fingerprint density at radius 1 is 1.31 bits per heavy atom. The Hall–Kier alpha value is -1.86. The number of nitrogens with two attached hydrogens (primary N) is 2. The largest absolute Gasteiger partial charge is 0.402 e. The molecule has 1 aromatic rings. The molecule has 140 valence electrons. The van der Waals surface area contributed by atoms with Crippen LogP contribution in [0.1, 0.15) is 39.0 Å². The number of hydrogen-bond acceptors (Lipinski definition) is 6. The highest BCUT2D eigenvalue weighted by atomic mass is 35.5. The average Bonchev–Trinajstić information content (AvgIpc) is 2.47. The fourth-order valence-corrected chi connectivity index (χ4v) is 5.47. The molecule has 4 fully saturated rings. The van der Waals surface area contributed by atoms with Gasteiger partial charge >= 0.3 is 0 Å². The summed E-state index contributed by atoms with van der Waals surface area (Å²) < 4.78 is 0. The summed E-state index contributed by atoms with van der Waals surface area (Å²) in [6.45, 7) is 1.74. The highest BCUT2D eigenvalue weighted by Gasteiger charge is 2.54. The van der Waals surface area contributed by atoms with Crippen molar-refractivity contribution >= 4 is 29.2 Å². The number of nitrogens with one attached hydrogen (secondary N) is 1. The van der Waals surface area contributed by atoms with E-state index in [9.17, 15) is 5.11 Å². The van der Waals surface area contributed by atoms with Crippen molar-refractivity contribution in [3.05, 3.63) is 23.0 Å². The molecule has 0 spiro atoms. The van der Waals surface area contributed by atoms with E-state index in [0.29, 0.717) is 40.4 Å². The smallest absolute Gasteiger partial charge is 0.226 e. The molecular formula is C18H25ClN6O. The van der Waals surface area contributed by atoms with Crippen LogP contribution >= 0.6 is 11.6 Å². The van der Waals surface area contributed by atoms with Crippen molar-refractivity contribution in [3.8, 4) is 0 Å². The standard InChI is InChI=1S/C18H25ClN6O/c1-9(20)2-14(21)23-15-5-13(19)22-17(24-15)25-16-11-3-10-4-12(16)8-18(26,6-10)7-11/h2,5,10-12,16,26H,3-4,6-8,20H2,1H3,(H3,21,22,23,24,25)/b9-2-. The van der Waals surface area contributed by atoms with Gasteiger partial charge in [-0.25, -0.2) is 9.98 Å². The molecule has 0 saturated heterocycles. The zero-order valence-electron chi connectivity index (χ0n) is 14.8. The van der Waals surface area contributed by atoms with E-state index in [-0.39, 0.29) is 11.9 Å². The molecule has 8 heteroatoms. The van der Waals surface area contributed by atoms with E-state index < -0.39 is 5.60 Å². The first-order valence-corrected chi connectivity index (χ1v) is 9.49. The lowest BCUT2D eigenvalue weighted by Gasteiger charge is -2.58. The Kier molecular flexibility index (Phi) is 4.31. The molecular weight excluding hydrogens is 352 g/mol. The van der Waals surface area contributed by atoms with Crippen LogP contribution in [0.3, 0.4) is 0 Å². The van der Waals surface area contributed by atoms with Gasteiger partial charge in [0.15, 0.2) is 5.82 Å². The summed E-state index contributed by atoms with van der Waals surface area (Å²) in [7, 11) is 0. The van der Waals surface area contributed by atoms with E-state index in [1.54, 1.807) is 19.1 Å². The van der Waals surface area contributed by atoms with Crippen molar-refractivity contribution in [2.45, 2.75) is 50.7 Å². The lowest BCUT2D eigenvalue weighted by Crippen LogP contribution is -2.59. The number of nitrogens with zero attached hydrogens (tertiary/aromatic N) is 3. The van der Waals surface area contributed by atoms with E-state index in [0.717, 1.165) is 32.1 Å². The lowest BCUT2D eigenvalue weighted by atomic mass is 9.52. The third kappa shape index (κ3) is 3.50. The van der Waals surface area contributed by atoms with Crippen LogP contribution in [0.4, 0.5) is 11.8 Å². The van der Waals surface area contributed by atoms with Gasteiger partial charge in [-0.05, 0) is 62.9 Å². The minimum Gasteiger partial charge on any atom is -0.402 e. The second kappa shape index (κ2) is 6.39. The summed E-state index contributed by atoms with van der Waals surface area (Å²) >= 11 is 6.15. The fourth-order valence-electron chi connectivity index (χ4n) is 5.29. The lowest BCUT2D eigenvalue weighted by molar-refractivity contribution is -0.129. The van der Waals surface area contributed by atoms with Gasteiger partial charge in [0.05, 0.1) is 5.60 Å². The number of hydrogen-bond donors (Lipinski definition) is 4. The Morgan fingerprint density at radius 2 is 2.00 bits per heavy atom. The van der Waals surface area contributed by atoms with Crippen LogP contribution in [-0.4, -0.2) is 32.6 Å². The van der Waals surface area contributed by atoms with Crippen molar-refractivity contribution in [2.24, 2.45) is 34.2 Å². The Bertz CT molecular complexity index is 759. The molecule has 4 saturated carbocycles. The number of halogens is 1. The van der Waals surface area contributed by atoms with Crippen LogP contribution in [0, 0.1) is 17.8 Å². The summed E-state index contributed by atoms with van der Waals surface area (Å²) in [5.74, 6) is 2.68. The van der Waals surface area contributed by atoms with E-state index >= 15 is 0 Å². The highest BCUT2D eigenvalue weighted by Crippen LogP contribution is 2.56. The molecule has 4 aliphatic carbocycles. The molecule has 0 aromatic carbocycles. The maximum absolute atomic E-state index is 10.7. The van der Waals surface area contributed by atoms with Crippen LogP contribution in [0.5, 0.6) is 0 Å². The van der Waals surface area contributed by atoms with Gasteiger partial charge in [-0.15, -0.1) is 0 Å². The molecule has 1 heterocycles. The second-order valence-electron chi connectivity index (χ2n) is 8.16. The molecule has 0 amide bonds. The number of amidine groups is 1. The first-order chi connectivity index (χ1) is 12.3. The van der Waals surface area contributed by atoms with Gasteiger partial charge in [0.25, 0.3) is 0 Å². The maximum Gasteiger partial charge on any atom is 0.226 e. The molecule has 2 atom stereocenters. The molecule has 0 radical (unpaired) electrons. The van der Waals surface area contributed by atoms with Crippen molar-refractivity contribution in [1.29, 1.82) is 0 Å². The minimum absolute atomic E-state index is 0.266. The molecule has 5 rings (SSSR count). The van der Waals surface area contributed by atoms with Crippen LogP contribution in [0.2, 0.25) is 5.15 Å². The number of anilines is 1. The van der Waals surface area contributed by atoms with Crippen LogP contribution in [-0.2, 0) is 0 Å². The van der Waals surface area contributed by atoms with Crippen LogP contribution in [0.15, 0.2) is 22.8 Å². The van der Waals surface area contributed by atoms with Gasteiger partial charge in [0.1, 0.15) is 11.0 Å². The number of allylic oxidation sites excluding steroid dienone is 1. The number of aliphatic imine (C=N–C) groups is 1. The SMILES string of the molecule is C/C(N)=C/C(N)=Nc1cc(Cl)nc(NC2C3CC4CC2CC(O)(C4)C3)n1. The van der Waals surface area contributed by atoms with E-state index in [1.165, 1.54) is 0 Å². The van der Waals surface area contributed by atoms with Gasteiger partial charge in [-0.3, -0.25) is 0 Å². The van der Waals surface area contributed by atoms with Gasteiger partial charge in [0.2, 0.25) is 5.95 Å². The van der Waals surface area contributed by atoms with Crippen molar-refractivity contribution < 1.29 is 5.11 Å². The monoisotopic (exact) mass is 376 g/mol. The summed E-state index contributed by atoms with van der Waals surface area (Å²) in [5, 5.41) is 14.5. The van der Waals surface area contributed by atoms with Crippen LogP contribution < -0.4 is 16.8 Å². The number of aliphatic hydroxyl groups is 1. The van der Waals surface area contributed by atoms with E-state index in [1.807, 2.05) is 0 Å². The maximum atomic E-state index is 10.7. The summed E-state index contributed by atoms with van der Waals surface area (Å²) in [4.78, 5) is 13.0. The fraction of sp³-hybridized carbons (Fsp3) is 0.611. The molecule has 26 heavy (non-hydrogen) atoms. The van der Waals surface area contributed by atoms with Crippen LogP contribution in [0.25, 0.3) is 0 Å². The highest BCUT2D eigenvalue weighted by molar-refractivity contribution is 6.29. The first kappa shape index (κ1) is 17.5. The van der Waals surface area contributed by atoms with Gasteiger partial charge < -0.3 is 21.9 Å². The topological polar surface area (TPSA) is 122 Å². The summed E-state index contributed by atoms with van der Waals surface area (Å²) in [6.07, 6.45) is 6.58. The van der Waals surface area contributed by atoms with Crippen molar-refractivity contribution in [3.63, 3.8) is 0 Å². The molecule has 4 bridgehead atoms. The average molecular weight is 377 g/mol. The normalized spacial score (nSPS) is 36.4. The van der Waals surface area contributed by atoms with Gasteiger partial charge in [-0.2, -0.15) is 4.98 Å². The molecule has 2 unspecified atom stereocenters. The summed E-state index contributed by atoms with van der Waals surface area (Å²) in [6, 6.07) is 1.84. The van der Waals surface area contributed by atoms with Gasteiger partial charge in [-0.1, -0.05) is 11.6 Å². The van der Waals surface area contributed by atoms with Crippen molar-refractivity contribution in [1.82, 2.24) is 9.97 Å². The van der Waals surface area contributed by atoms with Gasteiger partial charge in [0, 0.05) is 17.8 Å². The minimum atomic E-state index is -0.458. The number of aromatic nitrogens is 2. The second-order valence-corrected chi connectivity index (χ2v) is 8.55. The first-order valence-electron chi connectivity index (χ1n) is 9.11. The third-order valence-electron chi connectivity index (χ3n) is 5.84. The zero-order valence-corrected chi connectivity index (χ0v) is 15.6. The predicted octanol–water partition coefficient (Wildman–Crippen LogP) is 2.33. The molecule has 1 aromatic heterocycles.